The molecular formula is C15H25ClN4O. The van der Waals surface area contributed by atoms with E-state index in [1.165, 1.54) is 0 Å². The number of likely N-dealkylation sites (N-methyl/N-ethyl adjacent to an activating group) is 1. The van der Waals surface area contributed by atoms with E-state index in [0.717, 1.165) is 44.8 Å². The van der Waals surface area contributed by atoms with Crippen LogP contribution >= 0.6 is 11.6 Å². The average Bonchev–Trinajstić information content (AvgIpc) is 2.51. The molecule has 0 aromatic carbocycles. The van der Waals surface area contributed by atoms with Crippen molar-refractivity contribution in [3.8, 4) is 0 Å². The molecule has 0 bridgehead atoms. The van der Waals surface area contributed by atoms with Gasteiger partial charge in [0.15, 0.2) is 0 Å². The Kier molecular flexibility index (Phi) is 6.23. The number of morpholine rings is 1. The monoisotopic (exact) mass is 312 g/mol. The zero-order chi connectivity index (χ0) is 15.2. The molecule has 0 spiro atoms. The lowest BCUT2D eigenvalue weighted by Crippen LogP contribution is -2.48. The number of ether oxygens (including phenoxy) is 1. The first-order valence-corrected chi connectivity index (χ1v) is 8.01. The molecule has 1 saturated heterocycles. The van der Waals surface area contributed by atoms with E-state index in [9.17, 15) is 0 Å². The summed E-state index contributed by atoms with van der Waals surface area (Å²) in [6.45, 7) is 8.87. The molecule has 1 aromatic heterocycles. The van der Waals surface area contributed by atoms with E-state index in [1.54, 1.807) is 6.20 Å². The van der Waals surface area contributed by atoms with Crippen LogP contribution in [-0.4, -0.2) is 48.8 Å². The summed E-state index contributed by atoms with van der Waals surface area (Å²) < 4.78 is 5.99. The molecule has 1 aliphatic heterocycles. The van der Waals surface area contributed by atoms with Crippen molar-refractivity contribution in [1.29, 1.82) is 0 Å². The van der Waals surface area contributed by atoms with Crippen LogP contribution in [0.2, 0.25) is 5.02 Å². The summed E-state index contributed by atoms with van der Waals surface area (Å²) in [5.41, 5.74) is 6.99. The van der Waals surface area contributed by atoms with E-state index in [4.69, 9.17) is 22.1 Å². The van der Waals surface area contributed by atoms with Crippen LogP contribution < -0.4 is 11.1 Å². The third-order valence-electron chi connectivity index (χ3n) is 3.86. The molecule has 1 aliphatic rings. The molecule has 2 unspecified atom stereocenters. The fourth-order valence-corrected chi connectivity index (χ4v) is 2.84. The number of aromatic nitrogens is 1. The first-order chi connectivity index (χ1) is 10.2. The van der Waals surface area contributed by atoms with Crippen LogP contribution in [0.15, 0.2) is 12.3 Å². The summed E-state index contributed by atoms with van der Waals surface area (Å²) in [5, 5.41) is 4.14. The number of hydrogen-bond acceptors (Lipinski definition) is 5. The zero-order valence-corrected chi connectivity index (χ0v) is 13.6. The second-order valence-electron chi connectivity index (χ2n) is 5.36. The molecule has 6 heteroatoms. The van der Waals surface area contributed by atoms with Crippen molar-refractivity contribution in [2.45, 2.75) is 32.4 Å². The number of nitrogens with two attached hydrogens (primary N) is 1. The number of nitrogen functional groups attached to an aromatic ring is 1. The highest BCUT2D eigenvalue weighted by Gasteiger charge is 2.30. The second-order valence-corrected chi connectivity index (χ2v) is 5.80. The van der Waals surface area contributed by atoms with Crippen LogP contribution in [0.1, 0.15) is 31.9 Å². The lowest BCUT2D eigenvalue weighted by atomic mass is 10.00. The minimum atomic E-state index is 0.0190. The maximum Gasteiger partial charge on any atom is 0.128 e. The van der Waals surface area contributed by atoms with Gasteiger partial charge in [0.2, 0.25) is 0 Å². The first-order valence-electron chi connectivity index (χ1n) is 7.64. The van der Waals surface area contributed by atoms with Crippen molar-refractivity contribution in [1.82, 2.24) is 15.2 Å². The Bertz CT molecular complexity index is 457. The molecule has 21 heavy (non-hydrogen) atoms. The van der Waals surface area contributed by atoms with Crippen molar-refractivity contribution in [2.24, 2.45) is 0 Å². The van der Waals surface area contributed by atoms with Gasteiger partial charge in [-0.3, -0.25) is 4.90 Å². The highest BCUT2D eigenvalue weighted by Crippen LogP contribution is 2.28. The summed E-state index contributed by atoms with van der Waals surface area (Å²) in [4.78, 5) is 6.57. The van der Waals surface area contributed by atoms with Crippen LogP contribution in [0.4, 0.5) is 5.82 Å². The molecule has 2 atom stereocenters. The van der Waals surface area contributed by atoms with E-state index in [0.29, 0.717) is 10.8 Å². The molecule has 3 N–H and O–H groups in total. The van der Waals surface area contributed by atoms with Crippen LogP contribution in [0.25, 0.3) is 0 Å². The standard InChI is InChI=1S/C15H25ClN4O/c1-3-5-18-14(12-8-11(16)9-19-15(12)17)13-10-20(4-2)6-7-21-13/h8-9,13-14,18H,3-7,10H2,1-2H3,(H2,17,19). The van der Waals surface area contributed by atoms with Crippen molar-refractivity contribution >= 4 is 17.4 Å². The summed E-state index contributed by atoms with van der Waals surface area (Å²) >= 11 is 6.09. The zero-order valence-electron chi connectivity index (χ0n) is 12.8. The molecule has 2 rings (SSSR count). The lowest BCUT2D eigenvalue weighted by molar-refractivity contribution is -0.0455. The molecule has 0 aliphatic carbocycles. The summed E-state index contributed by atoms with van der Waals surface area (Å²) in [6, 6.07) is 1.91. The Hall–Kier alpha value is -0.880. The lowest BCUT2D eigenvalue weighted by Gasteiger charge is -2.37. The van der Waals surface area contributed by atoms with Crippen molar-refractivity contribution in [3.05, 3.63) is 22.8 Å². The largest absolute Gasteiger partial charge is 0.383 e. The van der Waals surface area contributed by atoms with Gasteiger partial charge in [0.1, 0.15) is 5.82 Å². The maximum atomic E-state index is 6.09. The highest BCUT2D eigenvalue weighted by atomic mass is 35.5. The third kappa shape index (κ3) is 4.30. The highest BCUT2D eigenvalue weighted by molar-refractivity contribution is 6.30. The second kappa shape index (κ2) is 7.94. The topological polar surface area (TPSA) is 63.4 Å². The van der Waals surface area contributed by atoms with Crippen LogP contribution in [-0.2, 0) is 4.74 Å². The Balaban J connectivity index is 2.22. The Morgan fingerprint density at radius 2 is 2.38 bits per heavy atom. The van der Waals surface area contributed by atoms with Crippen molar-refractivity contribution in [3.63, 3.8) is 0 Å². The van der Waals surface area contributed by atoms with E-state index in [-0.39, 0.29) is 12.1 Å². The van der Waals surface area contributed by atoms with Gasteiger partial charge in [-0.25, -0.2) is 4.98 Å². The van der Waals surface area contributed by atoms with E-state index in [1.807, 2.05) is 6.07 Å². The minimum absolute atomic E-state index is 0.0190. The maximum absolute atomic E-state index is 6.09. The molecule has 5 nitrogen and oxygen atoms in total. The van der Waals surface area contributed by atoms with Gasteiger partial charge in [0.05, 0.1) is 23.8 Å². The van der Waals surface area contributed by atoms with Gasteiger partial charge < -0.3 is 15.8 Å². The Morgan fingerprint density at radius 3 is 3.10 bits per heavy atom. The number of hydrogen-bond donors (Lipinski definition) is 2. The molecule has 2 heterocycles. The van der Waals surface area contributed by atoms with E-state index in [2.05, 4.69) is 29.0 Å². The molecule has 1 fully saturated rings. The number of nitrogens with one attached hydrogen (secondary N) is 1. The van der Waals surface area contributed by atoms with Gasteiger partial charge in [-0.05, 0) is 25.6 Å². The summed E-state index contributed by atoms with van der Waals surface area (Å²) in [5.74, 6) is 0.519. The quantitative estimate of drug-likeness (QED) is 0.842. The summed E-state index contributed by atoms with van der Waals surface area (Å²) in [7, 11) is 0. The first kappa shape index (κ1) is 16.5. The van der Waals surface area contributed by atoms with Gasteiger partial charge in [-0.2, -0.15) is 0 Å². The van der Waals surface area contributed by atoms with Crippen LogP contribution in [0, 0.1) is 0 Å². The SMILES string of the molecule is CCCNC(c1cc(Cl)cnc1N)C1CN(CC)CCO1. The van der Waals surface area contributed by atoms with Crippen LogP contribution in [0.3, 0.4) is 0 Å². The number of nitrogens with zero attached hydrogens (tertiary/aromatic N) is 2. The van der Waals surface area contributed by atoms with E-state index < -0.39 is 0 Å². The normalized spacial score (nSPS) is 21.4. The molecule has 1 aromatic rings. The van der Waals surface area contributed by atoms with E-state index >= 15 is 0 Å². The van der Waals surface area contributed by atoms with Crippen molar-refractivity contribution in [2.75, 3.05) is 38.5 Å². The number of pyridine rings is 1. The fourth-order valence-electron chi connectivity index (χ4n) is 2.68. The molecule has 0 amide bonds. The van der Waals surface area contributed by atoms with Gasteiger partial charge in [-0.15, -0.1) is 0 Å². The molecule has 118 valence electrons. The van der Waals surface area contributed by atoms with Gasteiger partial charge in [-0.1, -0.05) is 25.4 Å². The molecular weight excluding hydrogens is 288 g/mol. The molecule has 0 saturated carbocycles. The average molecular weight is 313 g/mol. The van der Waals surface area contributed by atoms with Crippen molar-refractivity contribution < 1.29 is 4.74 Å². The smallest absolute Gasteiger partial charge is 0.128 e. The predicted molar refractivity (Wildman–Crippen MR) is 86.5 cm³/mol. The summed E-state index contributed by atoms with van der Waals surface area (Å²) in [6.07, 6.45) is 2.69. The number of anilines is 1. The van der Waals surface area contributed by atoms with Crippen LogP contribution in [0.5, 0.6) is 0 Å². The predicted octanol–water partition coefficient (Wildman–Crippen LogP) is 2.08. The van der Waals surface area contributed by atoms with Gasteiger partial charge >= 0.3 is 0 Å². The third-order valence-corrected chi connectivity index (χ3v) is 4.07. The Labute approximate surface area is 131 Å². The minimum Gasteiger partial charge on any atom is -0.383 e. The number of halogens is 1. The fraction of sp³-hybridized carbons (Fsp3) is 0.667. The van der Waals surface area contributed by atoms with Gasteiger partial charge in [0, 0.05) is 24.8 Å². The van der Waals surface area contributed by atoms with Gasteiger partial charge in [0.25, 0.3) is 0 Å². The number of rotatable bonds is 6. The molecule has 0 radical (unpaired) electrons. The Morgan fingerprint density at radius 1 is 1.57 bits per heavy atom.